The molecule has 0 unspecified atom stereocenters. The van der Waals surface area contributed by atoms with E-state index in [1.807, 2.05) is 0 Å². The van der Waals surface area contributed by atoms with E-state index in [0.717, 1.165) is 19.3 Å². The second-order valence-electron chi connectivity index (χ2n) is 5.25. The van der Waals surface area contributed by atoms with Gasteiger partial charge in [-0.1, -0.05) is 59.3 Å². The zero-order valence-corrected chi connectivity index (χ0v) is 11.7. The first-order chi connectivity index (χ1) is 8.39. The molecule has 0 aliphatic rings. The van der Waals surface area contributed by atoms with Crippen molar-refractivity contribution in [3.63, 3.8) is 0 Å². The summed E-state index contributed by atoms with van der Waals surface area (Å²) in [6, 6.07) is 0. The summed E-state index contributed by atoms with van der Waals surface area (Å²) in [6.45, 7) is 5.47. The zero-order valence-electron chi connectivity index (χ0n) is 11.7. The van der Waals surface area contributed by atoms with Crippen molar-refractivity contribution in [2.24, 2.45) is 11.3 Å². The van der Waals surface area contributed by atoms with E-state index in [-0.39, 0.29) is 57.8 Å². The molecule has 0 aliphatic heterocycles. The quantitative estimate of drug-likeness (QED) is 0.369. The van der Waals surface area contributed by atoms with Gasteiger partial charge in [0.25, 0.3) is 0 Å². The average Bonchev–Trinajstić information content (AvgIpc) is 2.26. The molecular formula is C14H27KO4. The summed E-state index contributed by atoms with van der Waals surface area (Å²) in [5.74, 6) is -2.82. The Morgan fingerprint density at radius 1 is 0.947 bits per heavy atom. The van der Waals surface area contributed by atoms with Gasteiger partial charge in [0.1, 0.15) is 0 Å². The van der Waals surface area contributed by atoms with Crippen LogP contribution in [0, 0.1) is 11.3 Å². The number of carboxylic acid groups (broad SMARTS) is 2. The Labute approximate surface area is 158 Å². The minimum absolute atomic E-state index is 0. The number of unbranched alkanes of at least 4 members (excludes halogenated alkanes) is 5. The Kier molecular flexibility index (Phi) is 13.0. The van der Waals surface area contributed by atoms with E-state index < -0.39 is 23.3 Å². The molecule has 0 spiro atoms. The predicted octanol–water partition coefficient (Wildman–Crippen LogP) is 2.90. The van der Waals surface area contributed by atoms with Crippen molar-refractivity contribution in [2.45, 2.75) is 65.7 Å². The van der Waals surface area contributed by atoms with Crippen LogP contribution in [0.1, 0.15) is 65.7 Å². The molecule has 0 aromatic rings. The molecule has 0 heterocycles. The number of aliphatic carboxylic acids is 2. The van der Waals surface area contributed by atoms with Gasteiger partial charge in [-0.3, -0.25) is 9.59 Å². The van der Waals surface area contributed by atoms with Crippen LogP contribution in [-0.2, 0) is 9.59 Å². The second kappa shape index (κ2) is 11.3. The Morgan fingerprint density at radius 2 is 1.37 bits per heavy atom. The van der Waals surface area contributed by atoms with E-state index in [9.17, 15) is 19.8 Å². The second-order valence-corrected chi connectivity index (χ2v) is 5.25. The molecule has 0 fully saturated rings. The fraction of sp³-hybridized carbons (Fsp3) is 0.857. The van der Waals surface area contributed by atoms with E-state index in [4.69, 9.17) is 0 Å². The Bertz CT molecular complexity index is 263. The van der Waals surface area contributed by atoms with Gasteiger partial charge in [-0.2, -0.15) is 0 Å². The van der Waals surface area contributed by atoms with Crippen LogP contribution >= 0.6 is 0 Å². The molecule has 2 N–H and O–H groups in total. The van der Waals surface area contributed by atoms with Gasteiger partial charge in [-0.15, -0.1) is 0 Å². The summed E-state index contributed by atoms with van der Waals surface area (Å²) in [6.07, 6.45) is 6.36. The monoisotopic (exact) mass is 298 g/mol. The van der Waals surface area contributed by atoms with Crippen molar-refractivity contribution < 1.29 is 19.8 Å². The molecule has 0 aromatic carbocycles. The fourth-order valence-corrected chi connectivity index (χ4v) is 2.27. The van der Waals surface area contributed by atoms with E-state index in [1.165, 1.54) is 12.8 Å². The maximum absolute atomic E-state index is 11.3. The number of carbonyl (C=O) groups is 2. The van der Waals surface area contributed by atoms with Crippen LogP contribution in [0.2, 0.25) is 0 Å². The van der Waals surface area contributed by atoms with E-state index >= 15 is 0 Å². The molecule has 0 radical (unpaired) electrons. The molecule has 108 valence electrons. The number of hydrogen-bond acceptors (Lipinski definition) is 2. The van der Waals surface area contributed by atoms with Crippen LogP contribution in [-0.4, -0.2) is 73.5 Å². The number of hydrogen-bond donors (Lipinski definition) is 2. The van der Waals surface area contributed by atoms with Crippen molar-refractivity contribution in [2.75, 3.05) is 0 Å². The SMILES string of the molecule is CCCCCCCCC(C(=O)O)(C(=O)O)C(C)C.[KH]. The summed E-state index contributed by atoms with van der Waals surface area (Å²) in [5.41, 5.74) is -1.62. The molecule has 0 aromatic heterocycles. The number of rotatable bonds is 10. The Morgan fingerprint density at radius 3 is 1.74 bits per heavy atom. The molecule has 0 saturated carbocycles. The maximum atomic E-state index is 11.3. The topological polar surface area (TPSA) is 74.6 Å². The normalized spacial score (nSPS) is 11.2. The summed E-state index contributed by atoms with van der Waals surface area (Å²) in [7, 11) is 0. The summed E-state index contributed by atoms with van der Waals surface area (Å²) < 4.78 is 0. The van der Waals surface area contributed by atoms with E-state index in [2.05, 4.69) is 6.92 Å². The van der Waals surface area contributed by atoms with Crippen LogP contribution in [0.5, 0.6) is 0 Å². The molecule has 0 aliphatic carbocycles. The van der Waals surface area contributed by atoms with Crippen molar-refractivity contribution in [1.82, 2.24) is 0 Å². The summed E-state index contributed by atoms with van der Waals surface area (Å²) >= 11 is 0. The fourth-order valence-electron chi connectivity index (χ4n) is 2.27. The Balaban J connectivity index is 0. The van der Waals surface area contributed by atoms with Crippen LogP contribution in [0.4, 0.5) is 0 Å². The van der Waals surface area contributed by atoms with Gasteiger partial charge >= 0.3 is 63.3 Å². The van der Waals surface area contributed by atoms with Crippen molar-refractivity contribution in [1.29, 1.82) is 0 Å². The number of carboxylic acids is 2. The predicted molar refractivity (Wildman–Crippen MR) is 77.7 cm³/mol. The van der Waals surface area contributed by atoms with Crippen molar-refractivity contribution in [3.8, 4) is 0 Å². The van der Waals surface area contributed by atoms with Crippen LogP contribution in [0.15, 0.2) is 0 Å². The third-order valence-corrected chi connectivity index (χ3v) is 3.67. The van der Waals surface area contributed by atoms with E-state index in [1.54, 1.807) is 13.8 Å². The average molecular weight is 298 g/mol. The summed E-state index contributed by atoms with van der Waals surface area (Å²) in [5, 5.41) is 18.4. The third kappa shape index (κ3) is 6.71. The van der Waals surface area contributed by atoms with Gasteiger partial charge in [0.15, 0.2) is 5.41 Å². The van der Waals surface area contributed by atoms with Crippen LogP contribution in [0.3, 0.4) is 0 Å². The van der Waals surface area contributed by atoms with E-state index in [0.29, 0.717) is 6.42 Å². The Hall–Kier alpha value is 0.576. The molecule has 19 heavy (non-hydrogen) atoms. The standard InChI is InChI=1S/C14H26O4.K.H/c1-4-5-6-7-8-9-10-14(11(2)3,12(15)16)13(17)18;;/h11H,4-10H2,1-3H3,(H,15,16)(H,17,18);;. The van der Waals surface area contributed by atoms with Gasteiger partial charge in [0, 0.05) is 0 Å². The molecule has 0 rings (SSSR count). The first-order valence-corrected chi connectivity index (χ1v) is 6.86. The molecular weight excluding hydrogens is 271 g/mol. The molecule has 0 bridgehead atoms. The van der Waals surface area contributed by atoms with Crippen molar-refractivity contribution in [3.05, 3.63) is 0 Å². The van der Waals surface area contributed by atoms with Crippen LogP contribution in [0.25, 0.3) is 0 Å². The zero-order chi connectivity index (χ0) is 14.2. The van der Waals surface area contributed by atoms with Crippen LogP contribution < -0.4 is 0 Å². The van der Waals surface area contributed by atoms with Gasteiger partial charge in [0.05, 0.1) is 0 Å². The van der Waals surface area contributed by atoms with Crippen molar-refractivity contribution >= 4 is 63.3 Å². The first-order valence-electron chi connectivity index (χ1n) is 6.86. The first kappa shape index (κ1) is 21.9. The molecule has 0 atom stereocenters. The van der Waals surface area contributed by atoms with Gasteiger partial charge in [0.2, 0.25) is 0 Å². The molecule has 5 heteroatoms. The summed E-state index contributed by atoms with van der Waals surface area (Å²) in [4.78, 5) is 22.6. The molecule has 4 nitrogen and oxygen atoms in total. The minimum atomic E-state index is -1.62. The van der Waals surface area contributed by atoms with Gasteiger partial charge in [-0.25, -0.2) is 0 Å². The molecule has 0 saturated heterocycles. The van der Waals surface area contributed by atoms with Gasteiger partial charge < -0.3 is 10.2 Å². The van der Waals surface area contributed by atoms with Gasteiger partial charge in [-0.05, 0) is 12.3 Å². The molecule has 0 amide bonds. The third-order valence-electron chi connectivity index (χ3n) is 3.67.